The molecule has 0 aromatic carbocycles. The van der Waals surface area contributed by atoms with Crippen molar-refractivity contribution >= 4 is 11.8 Å². The smallest absolute Gasteiger partial charge is 0.224 e. The number of hydrogen-bond donors (Lipinski definition) is 1. The molecule has 30 heavy (non-hydrogen) atoms. The van der Waals surface area contributed by atoms with E-state index in [9.17, 15) is 9.59 Å². The molecule has 2 aromatic rings. The number of aryl methyl sites for hydroxylation is 2. The van der Waals surface area contributed by atoms with Crippen molar-refractivity contribution in [2.45, 2.75) is 58.4 Å². The first-order chi connectivity index (χ1) is 14.6. The number of hydrogen-bond acceptors (Lipinski definition) is 5. The van der Waals surface area contributed by atoms with E-state index in [0.29, 0.717) is 38.9 Å². The highest BCUT2D eigenvalue weighted by Gasteiger charge is 2.30. The Bertz CT molecular complexity index is 915. The SMILES string of the molecule is Cc1nc(CCNC(=O)[C@H]2CCC(=O)N(Cc3ccccn3)C2)nc2c1CCCC2. The van der Waals surface area contributed by atoms with Crippen molar-refractivity contribution in [2.75, 3.05) is 13.1 Å². The van der Waals surface area contributed by atoms with Gasteiger partial charge in [-0.2, -0.15) is 0 Å². The minimum atomic E-state index is -0.183. The largest absolute Gasteiger partial charge is 0.355 e. The third-order valence-corrected chi connectivity index (χ3v) is 6.03. The zero-order valence-corrected chi connectivity index (χ0v) is 17.6. The van der Waals surface area contributed by atoms with Crippen molar-refractivity contribution in [3.8, 4) is 0 Å². The van der Waals surface area contributed by atoms with Gasteiger partial charge in [-0.15, -0.1) is 0 Å². The van der Waals surface area contributed by atoms with Crippen molar-refractivity contribution in [3.63, 3.8) is 0 Å². The van der Waals surface area contributed by atoms with Crippen LogP contribution in [0.4, 0.5) is 0 Å². The maximum absolute atomic E-state index is 12.7. The van der Waals surface area contributed by atoms with Gasteiger partial charge in [0.1, 0.15) is 5.82 Å². The summed E-state index contributed by atoms with van der Waals surface area (Å²) in [5.74, 6) is 0.715. The Morgan fingerprint density at radius 3 is 2.90 bits per heavy atom. The highest BCUT2D eigenvalue weighted by atomic mass is 16.2. The maximum Gasteiger partial charge on any atom is 0.224 e. The summed E-state index contributed by atoms with van der Waals surface area (Å²) in [4.78, 5) is 40.4. The second-order valence-corrected chi connectivity index (χ2v) is 8.23. The summed E-state index contributed by atoms with van der Waals surface area (Å²) >= 11 is 0. The topological polar surface area (TPSA) is 88.1 Å². The van der Waals surface area contributed by atoms with Gasteiger partial charge in [-0.05, 0) is 56.7 Å². The summed E-state index contributed by atoms with van der Waals surface area (Å²) in [6, 6.07) is 5.66. The molecule has 3 heterocycles. The fraction of sp³-hybridized carbons (Fsp3) is 0.522. The molecule has 158 valence electrons. The Morgan fingerprint density at radius 2 is 2.07 bits per heavy atom. The van der Waals surface area contributed by atoms with Crippen LogP contribution in [0.25, 0.3) is 0 Å². The van der Waals surface area contributed by atoms with Crippen LogP contribution in [0.15, 0.2) is 24.4 Å². The monoisotopic (exact) mass is 407 g/mol. The van der Waals surface area contributed by atoms with Crippen LogP contribution >= 0.6 is 0 Å². The fourth-order valence-electron chi connectivity index (χ4n) is 4.37. The first kappa shape index (κ1) is 20.4. The molecule has 4 rings (SSSR count). The number of likely N-dealkylation sites (tertiary alicyclic amines) is 1. The molecule has 2 aliphatic rings. The zero-order valence-electron chi connectivity index (χ0n) is 17.6. The van der Waals surface area contributed by atoms with Crippen LogP contribution < -0.4 is 5.32 Å². The Kier molecular flexibility index (Phi) is 6.35. The number of fused-ring (bicyclic) bond motifs is 1. The highest BCUT2D eigenvalue weighted by molar-refractivity contribution is 5.83. The average Bonchev–Trinajstić information content (AvgIpc) is 2.76. The number of nitrogens with zero attached hydrogens (tertiary/aromatic N) is 4. The Labute approximate surface area is 177 Å². The molecule has 0 radical (unpaired) electrons. The summed E-state index contributed by atoms with van der Waals surface area (Å²) in [5.41, 5.74) is 4.42. The van der Waals surface area contributed by atoms with Crippen molar-refractivity contribution in [2.24, 2.45) is 5.92 Å². The first-order valence-electron chi connectivity index (χ1n) is 10.9. The van der Waals surface area contributed by atoms with Crippen molar-refractivity contribution < 1.29 is 9.59 Å². The van der Waals surface area contributed by atoms with Gasteiger partial charge in [0, 0.05) is 43.5 Å². The number of carbonyl (C=O) groups excluding carboxylic acids is 2. The molecule has 1 atom stereocenters. The number of rotatable bonds is 6. The van der Waals surface area contributed by atoms with Crippen LogP contribution in [-0.2, 0) is 35.4 Å². The van der Waals surface area contributed by atoms with E-state index >= 15 is 0 Å². The molecular weight excluding hydrogens is 378 g/mol. The molecule has 0 unspecified atom stereocenters. The average molecular weight is 408 g/mol. The van der Waals surface area contributed by atoms with Gasteiger partial charge >= 0.3 is 0 Å². The molecule has 0 bridgehead atoms. The molecule has 2 amide bonds. The van der Waals surface area contributed by atoms with E-state index < -0.39 is 0 Å². The van der Waals surface area contributed by atoms with Gasteiger partial charge in [-0.25, -0.2) is 9.97 Å². The lowest BCUT2D eigenvalue weighted by molar-refractivity contribution is -0.138. The molecule has 0 saturated carbocycles. The lowest BCUT2D eigenvalue weighted by Gasteiger charge is -2.31. The van der Waals surface area contributed by atoms with E-state index in [2.05, 4.69) is 22.2 Å². The number of carbonyl (C=O) groups is 2. The molecule has 1 N–H and O–H groups in total. The number of amides is 2. The van der Waals surface area contributed by atoms with Crippen LogP contribution in [0.3, 0.4) is 0 Å². The molecule has 1 aliphatic carbocycles. The molecule has 1 saturated heterocycles. The number of piperidine rings is 1. The van der Waals surface area contributed by atoms with Gasteiger partial charge in [-0.1, -0.05) is 6.07 Å². The van der Waals surface area contributed by atoms with Crippen LogP contribution in [0.5, 0.6) is 0 Å². The Hall–Kier alpha value is -2.83. The first-order valence-corrected chi connectivity index (χ1v) is 10.9. The van der Waals surface area contributed by atoms with Crippen molar-refractivity contribution in [1.29, 1.82) is 0 Å². The summed E-state index contributed by atoms with van der Waals surface area (Å²) in [6.07, 6.45) is 7.86. The summed E-state index contributed by atoms with van der Waals surface area (Å²) < 4.78 is 0. The predicted molar refractivity (Wildman–Crippen MR) is 113 cm³/mol. The number of nitrogens with one attached hydrogen (secondary N) is 1. The zero-order chi connectivity index (χ0) is 20.9. The van der Waals surface area contributed by atoms with Crippen molar-refractivity contribution in [3.05, 3.63) is 52.9 Å². The number of pyridine rings is 1. The molecule has 0 spiro atoms. The van der Waals surface area contributed by atoms with E-state index in [0.717, 1.165) is 30.1 Å². The van der Waals surface area contributed by atoms with E-state index in [-0.39, 0.29) is 17.7 Å². The van der Waals surface area contributed by atoms with Crippen LogP contribution in [0.1, 0.15) is 54.2 Å². The third kappa shape index (κ3) is 4.83. The summed E-state index contributed by atoms with van der Waals surface area (Å²) in [7, 11) is 0. The van der Waals surface area contributed by atoms with Gasteiger partial charge in [0.2, 0.25) is 11.8 Å². The van der Waals surface area contributed by atoms with Crippen LogP contribution in [-0.4, -0.2) is 44.8 Å². The minimum absolute atomic E-state index is 0.00297. The Morgan fingerprint density at radius 1 is 1.20 bits per heavy atom. The summed E-state index contributed by atoms with van der Waals surface area (Å²) in [5, 5.41) is 3.03. The molecule has 2 aromatic heterocycles. The van der Waals surface area contributed by atoms with Gasteiger partial charge in [0.25, 0.3) is 0 Å². The summed E-state index contributed by atoms with van der Waals surface area (Å²) in [6.45, 7) is 3.46. The third-order valence-electron chi connectivity index (χ3n) is 6.03. The maximum atomic E-state index is 12.7. The van der Waals surface area contributed by atoms with E-state index in [4.69, 9.17) is 4.98 Å². The molecular formula is C23H29N5O2. The van der Waals surface area contributed by atoms with E-state index in [1.165, 1.54) is 24.1 Å². The van der Waals surface area contributed by atoms with Crippen LogP contribution in [0.2, 0.25) is 0 Å². The van der Waals surface area contributed by atoms with Gasteiger partial charge in [0.15, 0.2) is 0 Å². The van der Waals surface area contributed by atoms with Gasteiger partial charge in [0.05, 0.1) is 18.2 Å². The minimum Gasteiger partial charge on any atom is -0.355 e. The van der Waals surface area contributed by atoms with E-state index in [1.54, 1.807) is 11.1 Å². The van der Waals surface area contributed by atoms with Gasteiger partial charge < -0.3 is 10.2 Å². The quantitative estimate of drug-likeness (QED) is 0.793. The Balaban J connectivity index is 1.29. The molecule has 7 heteroatoms. The second kappa shape index (κ2) is 9.32. The highest BCUT2D eigenvalue weighted by Crippen LogP contribution is 2.22. The van der Waals surface area contributed by atoms with Crippen LogP contribution in [0, 0.1) is 12.8 Å². The number of aromatic nitrogens is 3. The van der Waals surface area contributed by atoms with Gasteiger partial charge in [-0.3, -0.25) is 14.6 Å². The molecule has 1 aliphatic heterocycles. The van der Waals surface area contributed by atoms with E-state index in [1.807, 2.05) is 18.2 Å². The lowest BCUT2D eigenvalue weighted by atomic mass is 9.95. The normalized spacial score (nSPS) is 18.8. The lowest BCUT2D eigenvalue weighted by Crippen LogP contribution is -2.45. The predicted octanol–water partition coefficient (Wildman–Crippen LogP) is 2.16. The fourth-order valence-corrected chi connectivity index (χ4v) is 4.37. The molecule has 7 nitrogen and oxygen atoms in total. The standard InChI is InChI=1S/C23H29N5O2/c1-16-19-7-2-3-8-20(19)27-21(26-16)11-13-25-23(30)17-9-10-22(29)28(14-17)15-18-6-4-5-12-24-18/h4-6,12,17H,2-3,7-11,13-15H2,1H3,(H,25,30)/t17-/m0/s1. The van der Waals surface area contributed by atoms with Crippen molar-refractivity contribution in [1.82, 2.24) is 25.2 Å². The molecule has 1 fully saturated rings. The second-order valence-electron chi connectivity index (χ2n) is 8.23.